The number of benzene rings is 2. The highest BCUT2D eigenvalue weighted by Crippen LogP contribution is 2.27. The van der Waals surface area contributed by atoms with E-state index >= 15 is 0 Å². The van der Waals surface area contributed by atoms with Gasteiger partial charge in [0.1, 0.15) is 0 Å². The molecule has 0 saturated carbocycles. The highest BCUT2D eigenvalue weighted by atomic mass is 127. The summed E-state index contributed by atoms with van der Waals surface area (Å²) in [7, 11) is 1.30. The number of carbonyl (C=O) groups excluding carboxylic acids is 2. The summed E-state index contributed by atoms with van der Waals surface area (Å²) < 4.78 is 5.84. The number of anilines is 1. The second-order valence-electron chi connectivity index (χ2n) is 4.88. The summed E-state index contributed by atoms with van der Waals surface area (Å²) in [6.45, 7) is -0.260. The van der Waals surface area contributed by atoms with Crippen LogP contribution in [0.1, 0.15) is 10.4 Å². The second-order valence-corrected chi connectivity index (χ2v) is 6.13. The molecule has 0 heterocycles. The number of ether oxygens (including phenoxy) is 1. The molecule has 0 aliphatic rings. The van der Waals surface area contributed by atoms with Gasteiger partial charge in [-0.1, -0.05) is 6.07 Å². The molecule has 0 aliphatic heterocycles. The zero-order chi connectivity index (χ0) is 18.4. The zero-order valence-electron chi connectivity index (χ0n) is 13.1. The molecule has 130 valence electrons. The van der Waals surface area contributed by atoms with E-state index < -0.39 is 16.7 Å². The predicted octanol–water partition coefficient (Wildman–Crippen LogP) is 2.58. The molecule has 0 radical (unpaired) electrons. The highest BCUT2D eigenvalue weighted by molar-refractivity contribution is 14.1. The van der Waals surface area contributed by atoms with E-state index in [1.807, 2.05) is 6.07 Å². The third kappa shape index (κ3) is 5.14. The molecule has 2 amide bonds. The number of hydrogen-bond donors (Lipinski definition) is 2. The van der Waals surface area contributed by atoms with Crippen molar-refractivity contribution in [3.05, 3.63) is 61.7 Å². The van der Waals surface area contributed by atoms with Gasteiger partial charge in [0, 0.05) is 20.9 Å². The number of methoxy groups -OCH3 is 1. The number of rotatable bonds is 6. The van der Waals surface area contributed by atoms with E-state index in [0.717, 1.165) is 9.64 Å². The van der Waals surface area contributed by atoms with E-state index in [2.05, 4.69) is 33.2 Å². The van der Waals surface area contributed by atoms with Crippen LogP contribution in [0.15, 0.2) is 42.5 Å². The first-order chi connectivity index (χ1) is 11.9. The second kappa shape index (κ2) is 8.42. The molecule has 0 aliphatic carbocycles. The lowest BCUT2D eigenvalue weighted by atomic mass is 10.1. The summed E-state index contributed by atoms with van der Waals surface area (Å²) in [6, 6.07) is 11.0. The molecule has 0 atom stereocenters. The fraction of sp³-hybridized carbons (Fsp3) is 0.125. The van der Waals surface area contributed by atoms with Gasteiger partial charge in [0.25, 0.3) is 5.91 Å². The maximum absolute atomic E-state index is 12.1. The molecule has 0 spiro atoms. The standard InChI is InChI=1S/C16H14IN3O5/c1-25-14-6-5-10(7-13(14)20(23)24)16(22)18-9-15(21)19-12-4-2-3-11(17)8-12/h2-8H,9H2,1H3,(H,18,22)(H,19,21). The monoisotopic (exact) mass is 455 g/mol. The first-order valence-electron chi connectivity index (χ1n) is 7.06. The minimum Gasteiger partial charge on any atom is -0.490 e. The number of nitrogens with zero attached hydrogens (tertiary/aromatic N) is 1. The first kappa shape index (κ1) is 18.6. The van der Waals surface area contributed by atoms with Crippen molar-refractivity contribution < 1.29 is 19.2 Å². The van der Waals surface area contributed by atoms with Crippen LogP contribution < -0.4 is 15.4 Å². The zero-order valence-corrected chi connectivity index (χ0v) is 15.3. The van der Waals surface area contributed by atoms with Gasteiger partial charge in [-0.25, -0.2) is 0 Å². The van der Waals surface area contributed by atoms with E-state index in [1.54, 1.807) is 18.2 Å². The van der Waals surface area contributed by atoms with Gasteiger partial charge in [0.2, 0.25) is 5.91 Å². The van der Waals surface area contributed by atoms with Crippen molar-refractivity contribution in [2.75, 3.05) is 19.0 Å². The Kier molecular flexibility index (Phi) is 6.28. The Morgan fingerprint density at radius 1 is 1.24 bits per heavy atom. The molecule has 0 bridgehead atoms. The Morgan fingerprint density at radius 2 is 2.00 bits per heavy atom. The molecular weight excluding hydrogens is 441 g/mol. The molecule has 2 aromatic rings. The Balaban J connectivity index is 1.99. The van der Waals surface area contributed by atoms with Crippen LogP contribution >= 0.6 is 22.6 Å². The quantitative estimate of drug-likeness (QED) is 0.395. The van der Waals surface area contributed by atoms with Crippen LogP contribution in [0.5, 0.6) is 5.75 Å². The molecule has 0 unspecified atom stereocenters. The molecule has 8 nitrogen and oxygen atoms in total. The lowest BCUT2D eigenvalue weighted by Gasteiger charge is -2.08. The van der Waals surface area contributed by atoms with E-state index in [-0.39, 0.29) is 23.5 Å². The van der Waals surface area contributed by atoms with E-state index in [4.69, 9.17) is 4.74 Å². The van der Waals surface area contributed by atoms with Gasteiger partial charge in [-0.2, -0.15) is 0 Å². The summed E-state index contributed by atoms with van der Waals surface area (Å²) in [5.41, 5.74) is 0.360. The molecular formula is C16H14IN3O5. The van der Waals surface area contributed by atoms with Crippen molar-refractivity contribution >= 4 is 45.8 Å². The Hall–Kier alpha value is -2.69. The molecule has 2 N–H and O–H groups in total. The van der Waals surface area contributed by atoms with Gasteiger partial charge in [-0.05, 0) is 52.9 Å². The molecule has 0 aromatic heterocycles. The van der Waals surface area contributed by atoms with Crippen LogP contribution in [0.3, 0.4) is 0 Å². The average molecular weight is 455 g/mol. The van der Waals surface area contributed by atoms with Crippen molar-refractivity contribution in [1.29, 1.82) is 0 Å². The van der Waals surface area contributed by atoms with Crippen LogP contribution in [-0.4, -0.2) is 30.4 Å². The third-order valence-corrected chi connectivity index (χ3v) is 3.83. The summed E-state index contributed by atoms with van der Waals surface area (Å²) >= 11 is 2.12. The first-order valence-corrected chi connectivity index (χ1v) is 8.14. The van der Waals surface area contributed by atoms with Gasteiger partial charge in [-0.15, -0.1) is 0 Å². The number of hydrogen-bond acceptors (Lipinski definition) is 5. The van der Waals surface area contributed by atoms with Crippen molar-refractivity contribution in [2.45, 2.75) is 0 Å². The van der Waals surface area contributed by atoms with Gasteiger partial charge in [0.15, 0.2) is 5.75 Å². The third-order valence-electron chi connectivity index (χ3n) is 3.16. The SMILES string of the molecule is COc1ccc(C(=O)NCC(=O)Nc2cccc(I)c2)cc1[N+](=O)[O-]. The summed E-state index contributed by atoms with van der Waals surface area (Å²) in [6.07, 6.45) is 0. The Labute approximate surface area is 156 Å². The molecule has 25 heavy (non-hydrogen) atoms. The van der Waals surface area contributed by atoms with Crippen LogP contribution in [0.2, 0.25) is 0 Å². The lowest BCUT2D eigenvalue weighted by molar-refractivity contribution is -0.385. The van der Waals surface area contributed by atoms with Crippen molar-refractivity contribution in [3.63, 3.8) is 0 Å². The van der Waals surface area contributed by atoms with E-state index in [1.165, 1.54) is 19.2 Å². The highest BCUT2D eigenvalue weighted by Gasteiger charge is 2.18. The Morgan fingerprint density at radius 3 is 2.64 bits per heavy atom. The number of carbonyl (C=O) groups is 2. The van der Waals surface area contributed by atoms with Crippen LogP contribution in [-0.2, 0) is 4.79 Å². The summed E-state index contributed by atoms with van der Waals surface area (Å²) in [5.74, 6) is -0.945. The van der Waals surface area contributed by atoms with Gasteiger partial charge in [-0.3, -0.25) is 19.7 Å². The fourth-order valence-electron chi connectivity index (χ4n) is 2.01. The number of nitro groups is 1. The maximum Gasteiger partial charge on any atom is 0.311 e. The van der Waals surface area contributed by atoms with Crippen LogP contribution in [0.4, 0.5) is 11.4 Å². The maximum atomic E-state index is 12.1. The summed E-state index contributed by atoms with van der Waals surface area (Å²) in [4.78, 5) is 34.3. The molecule has 9 heteroatoms. The van der Waals surface area contributed by atoms with E-state index in [0.29, 0.717) is 5.69 Å². The Bertz CT molecular complexity index is 825. The largest absolute Gasteiger partial charge is 0.490 e. The minimum atomic E-state index is -0.640. The van der Waals surface area contributed by atoms with Gasteiger partial charge < -0.3 is 15.4 Å². The fourth-order valence-corrected chi connectivity index (χ4v) is 2.55. The molecule has 2 aromatic carbocycles. The smallest absolute Gasteiger partial charge is 0.311 e. The van der Waals surface area contributed by atoms with Gasteiger partial charge in [0.05, 0.1) is 18.6 Å². The van der Waals surface area contributed by atoms with E-state index in [9.17, 15) is 19.7 Å². The normalized spacial score (nSPS) is 10.0. The molecule has 0 saturated heterocycles. The number of nitrogens with one attached hydrogen (secondary N) is 2. The molecule has 0 fully saturated rings. The summed E-state index contributed by atoms with van der Waals surface area (Å²) in [5, 5.41) is 16.1. The van der Waals surface area contributed by atoms with Gasteiger partial charge >= 0.3 is 5.69 Å². The lowest BCUT2D eigenvalue weighted by Crippen LogP contribution is -2.32. The van der Waals surface area contributed by atoms with Crippen LogP contribution in [0.25, 0.3) is 0 Å². The number of halogens is 1. The molecule has 2 rings (SSSR count). The number of nitro benzene ring substituents is 1. The number of amides is 2. The van der Waals surface area contributed by atoms with Crippen LogP contribution in [0, 0.1) is 13.7 Å². The average Bonchev–Trinajstić information content (AvgIpc) is 2.59. The van der Waals surface area contributed by atoms with Crippen molar-refractivity contribution in [2.24, 2.45) is 0 Å². The predicted molar refractivity (Wildman–Crippen MR) is 99.8 cm³/mol. The van der Waals surface area contributed by atoms with Crippen molar-refractivity contribution in [3.8, 4) is 5.75 Å². The minimum absolute atomic E-state index is 0.0537. The topological polar surface area (TPSA) is 111 Å². The van der Waals surface area contributed by atoms with Crippen molar-refractivity contribution in [1.82, 2.24) is 5.32 Å².